The molecule has 19 heavy (non-hydrogen) atoms. The van der Waals surface area contributed by atoms with Gasteiger partial charge in [-0.25, -0.2) is 9.97 Å². The van der Waals surface area contributed by atoms with Crippen LogP contribution in [0.25, 0.3) is 16.6 Å². The van der Waals surface area contributed by atoms with Crippen LogP contribution >= 0.6 is 0 Å². The second kappa shape index (κ2) is 5.39. The van der Waals surface area contributed by atoms with Crippen molar-refractivity contribution >= 4 is 16.6 Å². The third-order valence-corrected chi connectivity index (χ3v) is 3.21. The number of fused-ring (bicyclic) bond motifs is 3. The van der Waals surface area contributed by atoms with Crippen LogP contribution in [0.4, 0.5) is 0 Å². The normalized spacial score (nSPS) is 10.6. The topological polar surface area (TPSA) is 30.2 Å². The molecule has 0 unspecified atom stereocenters. The van der Waals surface area contributed by atoms with Crippen LogP contribution in [0.2, 0.25) is 0 Å². The minimum absolute atomic E-state index is 0.931. The number of imidazole rings is 1. The Balaban J connectivity index is 0.000000637. The Morgan fingerprint density at radius 3 is 2.42 bits per heavy atom. The van der Waals surface area contributed by atoms with Crippen molar-refractivity contribution in [3.8, 4) is 0 Å². The van der Waals surface area contributed by atoms with E-state index in [2.05, 4.69) is 35.4 Å². The Bertz CT molecular complexity index is 711. The first-order valence-corrected chi connectivity index (χ1v) is 6.95. The average Bonchev–Trinajstić information content (AvgIpc) is 2.76. The summed E-state index contributed by atoms with van der Waals surface area (Å²) >= 11 is 0. The molecule has 3 rings (SSSR count). The van der Waals surface area contributed by atoms with Crippen LogP contribution in [0.5, 0.6) is 0 Å². The van der Waals surface area contributed by atoms with Crippen molar-refractivity contribution in [3.05, 3.63) is 41.5 Å². The standard InChI is InChI=1S/C14H15N3.C2H6/c1-4-11-14-9(2)15-10(3)17(14)13-8-6-5-7-12(13)16-11;1-2/h5-8H,4H2,1-3H3;1-2H3. The number of aromatic nitrogens is 3. The Hall–Kier alpha value is -1.90. The van der Waals surface area contributed by atoms with E-state index in [-0.39, 0.29) is 0 Å². The molecule has 2 heterocycles. The third-order valence-electron chi connectivity index (χ3n) is 3.21. The molecule has 0 saturated carbocycles. The van der Waals surface area contributed by atoms with Gasteiger partial charge in [0.2, 0.25) is 0 Å². The summed E-state index contributed by atoms with van der Waals surface area (Å²) in [6, 6.07) is 8.23. The first kappa shape index (κ1) is 13.5. The van der Waals surface area contributed by atoms with Crippen LogP contribution in [0.1, 0.15) is 38.0 Å². The number of rotatable bonds is 1. The summed E-state index contributed by atoms with van der Waals surface area (Å²) in [4.78, 5) is 9.31. The van der Waals surface area contributed by atoms with E-state index in [4.69, 9.17) is 4.98 Å². The molecule has 0 spiro atoms. The van der Waals surface area contributed by atoms with Crippen LogP contribution < -0.4 is 0 Å². The van der Waals surface area contributed by atoms with Crippen LogP contribution in [-0.2, 0) is 6.42 Å². The Morgan fingerprint density at radius 1 is 1.05 bits per heavy atom. The van der Waals surface area contributed by atoms with Gasteiger partial charge >= 0.3 is 0 Å². The minimum atomic E-state index is 0.931. The van der Waals surface area contributed by atoms with Crippen LogP contribution in [0.15, 0.2) is 24.3 Å². The molecule has 0 aliphatic heterocycles. The smallest absolute Gasteiger partial charge is 0.111 e. The highest BCUT2D eigenvalue weighted by molar-refractivity contribution is 5.80. The van der Waals surface area contributed by atoms with E-state index in [9.17, 15) is 0 Å². The van der Waals surface area contributed by atoms with Gasteiger partial charge in [-0.1, -0.05) is 32.9 Å². The molecule has 3 nitrogen and oxygen atoms in total. The maximum atomic E-state index is 4.74. The summed E-state index contributed by atoms with van der Waals surface area (Å²) in [6.45, 7) is 10.2. The lowest BCUT2D eigenvalue weighted by Crippen LogP contribution is -1.99. The second-order valence-electron chi connectivity index (χ2n) is 4.33. The number of nitrogens with zero attached hydrogens (tertiary/aromatic N) is 3. The van der Waals surface area contributed by atoms with E-state index in [1.54, 1.807) is 0 Å². The van der Waals surface area contributed by atoms with Gasteiger partial charge in [-0.3, -0.25) is 4.40 Å². The Labute approximate surface area is 114 Å². The predicted octanol–water partition coefficient (Wildman–Crippen LogP) is 4.09. The summed E-state index contributed by atoms with van der Waals surface area (Å²) < 4.78 is 2.22. The van der Waals surface area contributed by atoms with Crippen LogP contribution in [-0.4, -0.2) is 14.4 Å². The molecule has 0 amide bonds. The number of hydrogen-bond acceptors (Lipinski definition) is 2. The van der Waals surface area contributed by atoms with E-state index < -0.39 is 0 Å². The summed E-state index contributed by atoms with van der Waals surface area (Å²) in [6.07, 6.45) is 0.931. The van der Waals surface area contributed by atoms with E-state index in [0.29, 0.717) is 0 Å². The highest BCUT2D eigenvalue weighted by Crippen LogP contribution is 2.22. The quantitative estimate of drug-likeness (QED) is 0.655. The van der Waals surface area contributed by atoms with Crippen LogP contribution in [0.3, 0.4) is 0 Å². The lowest BCUT2D eigenvalue weighted by molar-refractivity contribution is 1.02. The highest BCUT2D eigenvalue weighted by Gasteiger charge is 2.12. The van der Waals surface area contributed by atoms with Crippen molar-refractivity contribution in [3.63, 3.8) is 0 Å². The van der Waals surface area contributed by atoms with Gasteiger partial charge in [0.05, 0.1) is 27.9 Å². The maximum Gasteiger partial charge on any atom is 0.111 e. The van der Waals surface area contributed by atoms with Crippen molar-refractivity contribution in [1.29, 1.82) is 0 Å². The summed E-state index contributed by atoms with van der Waals surface area (Å²) in [5.41, 5.74) is 5.54. The minimum Gasteiger partial charge on any atom is -0.293 e. The average molecular weight is 255 g/mol. The molecule has 0 fully saturated rings. The molecule has 3 heteroatoms. The van der Waals surface area contributed by atoms with Crippen molar-refractivity contribution < 1.29 is 0 Å². The van der Waals surface area contributed by atoms with Gasteiger partial charge in [-0.15, -0.1) is 0 Å². The zero-order valence-corrected chi connectivity index (χ0v) is 12.4. The summed E-state index contributed by atoms with van der Waals surface area (Å²) in [5, 5.41) is 0. The molecule has 0 atom stereocenters. The lowest BCUT2D eigenvalue weighted by atomic mass is 10.2. The van der Waals surface area contributed by atoms with Gasteiger partial charge in [-0.2, -0.15) is 0 Å². The lowest BCUT2D eigenvalue weighted by Gasteiger charge is -2.07. The van der Waals surface area contributed by atoms with Gasteiger partial charge < -0.3 is 0 Å². The fourth-order valence-electron chi connectivity index (χ4n) is 2.49. The van der Waals surface area contributed by atoms with Gasteiger partial charge in [0.15, 0.2) is 0 Å². The number of para-hydroxylation sites is 2. The van der Waals surface area contributed by atoms with Gasteiger partial charge in [0.1, 0.15) is 5.82 Å². The predicted molar refractivity (Wildman–Crippen MR) is 80.7 cm³/mol. The van der Waals surface area contributed by atoms with Crippen molar-refractivity contribution in [2.45, 2.75) is 41.0 Å². The van der Waals surface area contributed by atoms with E-state index in [0.717, 1.165) is 34.7 Å². The molecule has 1 aromatic carbocycles. The Kier molecular flexibility index (Phi) is 3.84. The van der Waals surface area contributed by atoms with Gasteiger partial charge in [0, 0.05) is 0 Å². The first-order valence-electron chi connectivity index (χ1n) is 6.95. The number of hydrogen-bond donors (Lipinski definition) is 0. The number of aryl methyl sites for hydroxylation is 3. The maximum absolute atomic E-state index is 4.74. The molecular weight excluding hydrogens is 234 g/mol. The molecule has 0 bridgehead atoms. The first-order chi connectivity index (χ1) is 9.22. The highest BCUT2D eigenvalue weighted by atomic mass is 15.0. The molecule has 0 aliphatic rings. The van der Waals surface area contributed by atoms with Crippen molar-refractivity contribution in [2.24, 2.45) is 0 Å². The largest absolute Gasteiger partial charge is 0.293 e. The van der Waals surface area contributed by atoms with Crippen LogP contribution in [0, 0.1) is 13.8 Å². The van der Waals surface area contributed by atoms with Crippen molar-refractivity contribution in [1.82, 2.24) is 14.4 Å². The van der Waals surface area contributed by atoms with Gasteiger partial charge in [-0.05, 0) is 32.4 Å². The number of benzene rings is 1. The molecule has 0 aliphatic carbocycles. The molecule has 0 radical (unpaired) electrons. The molecule has 0 saturated heterocycles. The third kappa shape index (κ3) is 2.09. The summed E-state index contributed by atoms with van der Waals surface area (Å²) in [5.74, 6) is 1.03. The SMILES string of the molecule is CC.CCc1nc2ccccc2n2c(C)nc(C)c12. The van der Waals surface area contributed by atoms with E-state index in [1.807, 2.05) is 32.9 Å². The fourth-order valence-corrected chi connectivity index (χ4v) is 2.49. The van der Waals surface area contributed by atoms with Crippen molar-refractivity contribution in [2.75, 3.05) is 0 Å². The van der Waals surface area contributed by atoms with Gasteiger partial charge in [0.25, 0.3) is 0 Å². The Morgan fingerprint density at radius 2 is 1.74 bits per heavy atom. The molecule has 2 aromatic heterocycles. The molecule has 100 valence electrons. The zero-order valence-electron chi connectivity index (χ0n) is 12.4. The molecule has 3 aromatic rings. The zero-order chi connectivity index (χ0) is 14.0. The monoisotopic (exact) mass is 255 g/mol. The molecule has 0 N–H and O–H groups in total. The fraction of sp³-hybridized carbons (Fsp3) is 0.375. The second-order valence-corrected chi connectivity index (χ2v) is 4.33. The molecular formula is C16H21N3. The van der Waals surface area contributed by atoms with E-state index in [1.165, 1.54) is 5.52 Å². The summed E-state index contributed by atoms with van der Waals surface area (Å²) in [7, 11) is 0. The van der Waals surface area contributed by atoms with E-state index >= 15 is 0 Å².